The third-order valence-electron chi connectivity index (χ3n) is 4.92. The zero-order valence-electron chi connectivity index (χ0n) is 16.6. The molecular formula is C25H17ClFN3S. The number of rotatable bonds is 4. The topological polar surface area (TPSA) is 37.8 Å². The van der Waals surface area contributed by atoms with Gasteiger partial charge in [0.2, 0.25) is 0 Å². The van der Waals surface area contributed by atoms with Gasteiger partial charge in [-0.2, -0.15) is 0 Å². The standard InChI is InChI=1S/C25H17ClFN3S/c1-15-6-9-19(10-7-15)31-25-24(28-18-8-11-21(27)20(26)14-18)29-22-12-16-4-2-3-5-17(16)13-23(22)30-25/h2-14H,1H3,(H,28,29). The largest absolute Gasteiger partial charge is 0.338 e. The molecule has 5 aromatic rings. The SMILES string of the molecule is Cc1ccc(Sc2nc3cc4ccccc4cc3nc2Nc2ccc(F)c(Cl)c2)cc1. The fourth-order valence-corrected chi connectivity index (χ4v) is 4.32. The van der Waals surface area contributed by atoms with Gasteiger partial charge in [-0.3, -0.25) is 0 Å². The lowest BCUT2D eigenvalue weighted by molar-refractivity contribution is 0.628. The van der Waals surface area contributed by atoms with Crippen molar-refractivity contribution in [3.05, 3.63) is 95.3 Å². The Hall–Kier alpha value is -3.15. The minimum Gasteiger partial charge on any atom is -0.338 e. The Morgan fingerprint density at radius 2 is 1.52 bits per heavy atom. The number of nitrogens with zero attached hydrogens (tertiary/aromatic N) is 2. The Bertz CT molecular complexity index is 1420. The van der Waals surface area contributed by atoms with Crippen molar-refractivity contribution >= 4 is 56.7 Å². The minimum absolute atomic E-state index is 0.0532. The van der Waals surface area contributed by atoms with Gasteiger partial charge in [-0.15, -0.1) is 0 Å². The van der Waals surface area contributed by atoms with Gasteiger partial charge in [0.25, 0.3) is 0 Å². The first-order valence-corrected chi connectivity index (χ1v) is 10.9. The van der Waals surface area contributed by atoms with Crippen LogP contribution >= 0.6 is 23.4 Å². The van der Waals surface area contributed by atoms with Gasteiger partial charge in [-0.1, -0.05) is 65.3 Å². The zero-order valence-corrected chi connectivity index (χ0v) is 18.1. The Labute approximate surface area is 188 Å². The summed E-state index contributed by atoms with van der Waals surface area (Å²) in [6.45, 7) is 2.06. The number of fused-ring (bicyclic) bond motifs is 2. The van der Waals surface area contributed by atoms with Gasteiger partial charge in [-0.05, 0) is 60.2 Å². The molecule has 0 amide bonds. The molecule has 0 fully saturated rings. The smallest absolute Gasteiger partial charge is 0.164 e. The molecule has 0 aliphatic heterocycles. The number of aromatic nitrogens is 2. The second kappa shape index (κ2) is 8.17. The van der Waals surface area contributed by atoms with E-state index in [0.29, 0.717) is 11.5 Å². The second-order valence-corrected chi connectivity index (χ2v) is 8.70. The first-order chi connectivity index (χ1) is 15.0. The van der Waals surface area contributed by atoms with Gasteiger partial charge in [0.1, 0.15) is 10.8 Å². The van der Waals surface area contributed by atoms with Gasteiger partial charge >= 0.3 is 0 Å². The normalized spacial score (nSPS) is 11.2. The molecule has 152 valence electrons. The number of hydrogen-bond donors (Lipinski definition) is 1. The van der Waals surface area contributed by atoms with Crippen LogP contribution in [0.25, 0.3) is 21.8 Å². The van der Waals surface area contributed by atoms with Crippen LogP contribution in [0.4, 0.5) is 15.9 Å². The monoisotopic (exact) mass is 445 g/mol. The second-order valence-electron chi connectivity index (χ2n) is 7.23. The highest BCUT2D eigenvalue weighted by molar-refractivity contribution is 7.99. The maximum absolute atomic E-state index is 13.6. The molecule has 3 nitrogen and oxygen atoms in total. The number of anilines is 2. The van der Waals surface area contributed by atoms with E-state index in [4.69, 9.17) is 21.6 Å². The summed E-state index contributed by atoms with van der Waals surface area (Å²) in [4.78, 5) is 10.8. The summed E-state index contributed by atoms with van der Waals surface area (Å²) < 4.78 is 13.6. The van der Waals surface area contributed by atoms with Crippen molar-refractivity contribution in [3.63, 3.8) is 0 Å². The van der Waals surface area contributed by atoms with E-state index >= 15 is 0 Å². The number of hydrogen-bond acceptors (Lipinski definition) is 4. The van der Waals surface area contributed by atoms with Crippen molar-refractivity contribution in [2.45, 2.75) is 16.8 Å². The summed E-state index contributed by atoms with van der Waals surface area (Å²) in [5.74, 6) is 0.133. The van der Waals surface area contributed by atoms with Crippen LogP contribution in [0, 0.1) is 12.7 Å². The zero-order chi connectivity index (χ0) is 21.4. The molecule has 0 aliphatic rings. The quantitative estimate of drug-likeness (QED) is 0.286. The van der Waals surface area contributed by atoms with E-state index in [9.17, 15) is 4.39 Å². The van der Waals surface area contributed by atoms with Gasteiger partial charge in [0.15, 0.2) is 5.82 Å². The van der Waals surface area contributed by atoms with Crippen molar-refractivity contribution in [2.75, 3.05) is 5.32 Å². The number of aryl methyl sites for hydroxylation is 1. The Kier molecular flexibility index (Phi) is 5.22. The molecule has 1 aromatic heterocycles. The summed E-state index contributed by atoms with van der Waals surface area (Å²) in [5.41, 5.74) is 3.44. The summed E-state index contributed by atoms with van der Waals surface area (Å²) in [5, 5.41) is 6.26. The molecule has 0 unspecified atom stereocenters. The fourth-order valence-electron chi connectivity index (χ4n) is 3.31. The lowest BCUT2D eigenvalue weighted by atomic mass is 10.1. The Balaban J connectivity index is 1.64. The average molecular weight is 446 g/mol. The van der Waals surface area contributed by atoms with Crippen LogP contribution < -0.4 is 5.32 Å². The van der Waals surface area contributed by atoms with E-state index in [1.54, 1.807) is 12.1 Å². The van der Waals surface area contributed by atoms with Crippen molar-refractivity contribution in [1.82, 2.24) is 9.97 Å². The lowest BCUT2D eigenvalue weighted by Crippen LogP contribution is -2.00. The molecular weight excluding hydrogens is 429 g/mol. The van der Waals surface area contributed by atoms with Crippen molar-refractivity contribution < 1.29 is 4.39 Å². The molecule has 1 heterocycles. The molecule has 0 saturated carbocycles. The van der Waals surface area contributed by atoms with Gasteiger partial charge < -0.3 is 5.32 Å². The van der Waals surface area contributed by atoms with E-state index in [2.05, 4.69) is 54.7 Å². The molecule has 5 rings (SSSR count). The molecule has 1 N–H and O–H groups in total. The molecule has 6 heteroatoms. The van der Waals surface area contributed by atoms with Crippen LogP contribution in [0.2, 0.25) is 5.02 Å². The van der Waals surface area contributed by atoms with Crippen LogP contribution in [0.15, 0.2) is 88.8 Å². The fraction of sp³-hybridized carbons (Fsp3) is 0.0400. The maximum atomic E-state index is 13.6. The molecule has 31 heavy (non-hydrogen) atoms. The van der Waals surface area contributed by atoms with E-state index in [-0.39, 0.29) is 5.02 Å². The van der Waals surface area contributed by atoms with E-state index in [1.165, 1.54) is 23.4 Å². The predicted molar refractivity (Wildman–Crippen MR) is 127 cm³/mol. The number of halogens is 2. The molecule has 0 bridgehead atoms. The predicted octanol–water partition coefficient (Wildman–Crippen LogP) is 7.78. The number of benzene rings is 4. The van der Waals surface area contributed by atoms with Crippen LogP contribution in [-0.4, -0.2) is 9.97 Å². The first kappa shape index (κ1) is 19.8. The average Bonchev–Trinajstić information content (AvgIpc) is 2.77. The molecule has 0 saturated heterocycles. The minimum atomic E-state index is -0.461. The lowest BCUT2D eigenvalue weighted by Gasteiger charge is -2.13. The van der Waals surface area contributed by atoms with E-state index in [0.717, 1.165) is 31.7 Å². The molecule has 4 aromatic carbocycles. The van der Waals surface area contributed by atoms with Crippen molar-refractivity contribution in [3.8, 4) is 0 Å². The highest BCUT2D eigenvalue weighted by atomic mass is 35.5. The molecule has 0 atom stereocenters. The van der Waals surface area contributed by atoms with Crippen LogP contribution in [0.5, 0.6) is 0 Å². The highest BCUT2D eigenvalue weighted by Crippen LogP contribution is 2.35. The summed E-state index contributed by atoms with van der Waals surface area (Å²) in [6, 6.07) is 25.0. The highest BCUT2D eigenvalue weighted by Gasteiger charge is 2.13. The van der Waals surface area contributed by atoms with Crippen LogP contribution in [0.3, 0.4) is 0 Å². The Morgan fingerprint density at radius 3 is 2.19 bits per heavy atom. The van der Waals surface area contributed by atoms with Crippen molar-refractivity contribution in [2.24, 2.45) is 0 Å². The summed E-state index contributed by atoms with van der Waals surface area (Å²) in [6.07, 6.45) is 0. The van der Waals surface area contributed by atoms with Crippen LogP contribution in [0.1, 0.15) is 5.56 Å². The summed E-state index contributed by atoms with van der Waals surface area (Å²) in [7, 11) is 0. The first-order valence-electron chi connectivity index (χ1n) is 9.72. The van der Waals surface area contributed by atoms with Crippen LogP contribution in [-0.2, 0) is 0 Å². The van der Waals surface area contributed by atoms with E-state index < -0.39 is 5.82 Å². The van der Waals surface area contributed by atoms with Crippen molar-refractivity contribution in [1.29, 1.82) is 0 Å². The van der Waals surface area contributed by atoms with Gasteiger partial charge in [0.05, 0.1) is 16.1 Å². The molecule has 0 radical (unpaired) electrons. The van der Waals surface area contributed by atoms with Gasteiger partial charge in [0, 0.05) is 10.6 Å². The molecule has 0 spiro atoms. The van der Waals surface area contributed by atoms with Gasteiger partial charge in [-0.25, -0.2) is 14.4 Å². The molecule has 0 aliphatic carbocycles. The third-order valence-corrected chi connectivity index (χ3v) is 6.19. The maximum Gasteiger partial charge on any atom is 0.164 e. The Morgan fingerprint density at radius 1 is 0.839 bits per heavy atom. The third kappa shape index (κ3) is 4.20. The van der Waals surface area contributed by atoms with E-state index in [1.807, 2.05) is 18.2 Å². The summed E-state index contributed by atoms with van der Waals surface area (Å²) >= 11 is 7.50. The number of nitrogens with one attached hydrogen (secondary N) is 1.